The smallest absolute Gasteiger partial charge is 0.179 e. The van der Waals surface area contributed by atoms with Gasteiger partial charge in [-0.05, 0) is 6.92 Å². The fourth-order valence-corrected chi connectivity index (χ4v) is 2.78. The molecular weight excluding hydrogens is 216 g/mol. The van der Waals surface area contributed by atoms with Gasteiger partial charge in [0, 0.05) is 23.4 Å². The van der Waals surface area contributed by atoms with E-state index in [1.54, 1.807) is 6.20 Å². The van der Waals surface area contributed by atoms with E-state index in [9.17, 15) is 4.79 Å². The standard InChI is InChI=1S/C9H8N2OS2/c1-5(12)7-6(2)14-9(11-7)8-10-3-4-13-8/h3-4H,1-2H3. The van der Waals surface area contributed by atoms with E-state index in [0.717, 1.165) is 14.9 Å². The van der Waals surface area contributed by atoms with Gasteiger partial charge in [-0.15, -0.1) is 22.7 Å². The van der Waals surface area contributed by atoms with E-state index in [4.69, 9.17) is 0 Å². The summed E-state index contributed by atoms with van der Waals surface area (Å²) in [6.07, 6.45) is 1.74. The summed E-state index contributed by atoms with van der Waals surface area (Å²) in [5.41, 5.74) is 0.570. The molecule has 3 nitrogen and oxygen atoms in total. The zero-order valence-corrected chi connectivity index (χ0v) is 9.41. The van der Waals surface area contributed by atoms with Crippen molar-refractivity contribution in [1.29, 1.82) is 0 Å². The molecule has 14 heavy (non-hydrogen) atoms. The van der Waals surface area contributed by atoms with E-state index < -0.39 is 0 Å². The summed E-state index contributed by atoms with van der Waals surface area (Å²) < 4.78 is 0. The highest BCUT2D eigenvalue weighted by molar-refractivity contribution is 7.20. The molecule has 0 aromatic carbocycles. The number of rotatable bonds is 2. The third-order valence-corrected chi connectivity index (χ3v) is 3.63. The zero-order valence-electron chi connectivity index (χ0n) is 7.77. The quantitative estimate of drug-likeness (QED) is 0.737. The Morgan fingerprint density at radius 2 is 2.21 bits per heavy atom. The van der Waals surface area contributed by atoms with Gasteiger partial charge in [-0.25, -0.2) is 9.97 Å². The number of aromatic nitrogens is 2. The minimum absolute atomic E-state index is 0.0153. The molecule has 2 heterocycles. The third-order valence-electron chi connectivity index (χ3n) is 1.75. The van der Waals surface area contributed by atoms with Crippen LogP contribution in [0.25, 0.3) is 10.0 Å². The van der Waals surface area contributed by atoms with E-state index >= 15 is 0 Å². The molecule has 0 aliphatic carbocycles. The van der Waals surface area contributed by atoms with Crippen LogP contribution >= 0.6 is 22.7 Å². The third kappa shape index (κ3) is 1.60. The lowest BCUT2D eigenvalue weighted by atomic mass is 10.3. The number of Topliss-reactive ketones (excluding diaryl/α,β-unsaturated/α-hetero) is 1. The fourth-order valence-electron chi connectivity index (χ4n) is 1.14. The second kappa shape index (κ2) is 3.59. The first-order valence-electron chi connectivity index (χ1n) is 4.06. The van der Waals surface area contributed by atoms with E-state index in [1.165, 1.54) is 29.6 Å². The Hall–Kier alpha value is -1.07. The molecular formula is C9H8N2OS2. The van der Waals surface area contributed by atoms with Gasteiger partial charge in [0.15, 0.2) is 15.8 Å². The molecule has 2 rings (SSSR count). The van der Waals surface area contributed by atoms with Crippen LogP contribution in [0.15, 0.2) is 11.6 Å². The van der Waals surface area contributed by atoms with Crippen molar-refractivity contribution < 1.29 is 4.79 Å². The molecule has 0 aliphatic heterocycles. The lowest BCUT2D eigenvalue weighted by Crippen LogP contribution is -1.94. The SMILES string of the molecule is CC(=O)c1nc(-c2nccs2)sc1C. The average molecular weight is 224 g/mol. The Morgan fingerprint density at radius 3 is 2.71 bits per heavy atom. The number of nitrogens with zero attached hydrogens (tertiary/aromatic N) is 2. The van der Waals surface area contributed by atoms with Gasteiger partial charge in [0.1, 0.15) is 5.69 Å². The Balaban J connectivity index is 2.48. The van der Waals surface area contributed by atoms with Crippen LogP contribution < -0.4 is 0 Å². The molecule has 0 saturated carbocycles. The molecule has 5 heteroatoms. The van der Waals surface area contributed by atoms with Crippen molar-refractivity contribution in [2.24, 2.45) is 0 Å². The van der Waals surface area contributed by atoms with Crippen LogP contribution in [0, 0.1) is 6.92 Å². The highest BCUT2D eigenvalue weighted by Gasteiger charge is 2.13. The Morgan fingerprint density at radius 1 is 1.43 bits per heavy atom. The lowest BCUT2D eigenvalue weighted by molar-refractivity contribution is 0.101. The first-order chi connectivity index (χ1) is 6.68. The lowest BCUT2D eigenvalue weighted by Gasteiger charge is -1.86. The number of hydrogen-bond donors (Lipinski definition) is 0. The minimum atomic E-state index is 0.0153. The molecule has 0 fully saturated rings. The largest absolute Gasteiger partial charge is 0.293 e. The van der Waals surface area contributed by atoms with Gasteiger partial charge in [0.05, 0.1) is 0 Å². The predicted octanol–water partition coefficient (Wildman–Crippen LogP) is 2.78. The topological polar surface area (TPSA) is 42.9 Å². The predicted molar refractivity (Wildman–Crippen MR) is 58.0 cm³/mol. The number of thiazole rings is 2. The highest BCUT2D eigenvalue weighted by Crippen LogP contribution is 2.28. The van der Waals surface area contributed by atoms with Crippen LogP contribution in [0.1, 0.15) is 22.3 Å². The first kappa shape index (κ1) is 9.48. The summed E-state index contributed by atoms with van der Waals surface area (Å²) in [5.74, 6) is 0.0153. The molecule has 0 unspecified atom stereocenters. The average Bonchev–Trinajstić information content (AvgIpc) is 2.70. The van der Waals surface area contributed by atoms with Crippen LogP contribution in [-0.2, 0) is 0 Å². The van der Waals surface area contributed by atoms with Gasteiger partial charge >= 0.3 is 0 Å². The van der Waals surface area contributed by atoms with Crippen LogP contribution in [0.4, 0.5) is 0 Å². The second-order valence-corrected chi connectivity index (χ2v) is 4.92. The Labute approximate surface area is 89.5 Å². The highest BCUT2D eigenvalue weighted by atomic mass is 32.1. The van der Waals surface area contributed by atoms with Gasteiger partial charge in [-0.2, -0.15) is 0 Å². The fraction of sp³-hybridized carbons (Fsp3) is 0.222. The molecule has 0 N–H and O–H groups in total. The number of ketones is 1. The molecule has 0 amide bonds. The monoisotopic (exact) mass is 224 g/mol. The van der Waals surface area contributed by atoms with Crippen LogP contribution in [0.3, 0.4) is 0 Å². The van der Waals surface area contributed by atoms with E-state index in [1.807, 2.05) is 12.3 Å². The van der Waals surface area contributed by atoms with E-state index in [2.05, 4.69) is 9.97 Å². The number of aryl methyl sites for hydroxylation is 1. The van der Waals surface area contributed by atoms with Crippen molar-refractivity contribution in [3.05, 3.63) is 22.1 Å². The van der Waals surface area contributed by atoms with Crippen molar-refractivity contribution >= 4 is 28.5 Å². The van der Waals surface area contributed by atoms with E-state index in [-0.39, 0.29) is 5.78 Å². The maximum absolute atomic E-state index is 11.2. The number of hydrogen-bond acceptors (Lipinski definition) is 5. The Kier molecular flexibility index (Phi) is 2.43. The molecule has 0 radical (unpaired) electrons. The van der Waals surface area contributed by atoms with Gasteiger partial charge in [-0.1, -0.05) is 0 Å². The normalized spacial score (nSPS) is 10.4. The summed E-state index contributed by atoms with van der Waals surface area (Å²) in [4.78, 5) is 20.6. The van der Waals surface area contributed by atoms with Crippen molar-refractivity contribution in [3.63, 3.8) is 0 Å². The van der Waals surface area contributed by atoms with Crippen molar-refractivity contribution in [2.75, 3.05) is 0 Å². The first-order valence-corrected chi connectivity index (χ1v) is 5.76. The van der Waals surface area contributed by atoms with Crippen LogP contribution in [-0.4, -0.2) is 15.8 Å². The number of carbonyl (C=O) groups excluding carboxylic acids is 1. The van der Waals surface area contributed by atoms with Crippen LogP contribution in [0.2, 0.25) is 0 Å². The Bertz CT molecular complexity index is 459. The maximum atomic E-state index is 11.2. The van der Waals surface area contributed by atoms with Crippen molar-refractivity contribution in [3.8, 4) is 10.0 Å². The van der Waals surface area contributed by atoms with Gasteiger partial charge in [0.2, 0.25) is 0 Å². The summed E-state index contributed by atoms with van der Waals surface area (Å²) in [6.45, 7) is 3.44. The van der Waals surface area contributed by atoms with Crippen molar-refractivity contribution in [2.45, 2.75) is 13.8 Å². The molecule has 0 spiro atoms. The molecule has 2 aromatic rings. The summed E-state index contributed by atoms with van der Waals surface area (Å²) >= 11 is 3.05. The molecule has 0 atom stereocenters. The van der Waals surface area contributed by atoms with Gasteiger partial charge in [-0.3, -0.25) is 4.79 Å². The van der Waals surface area contributed by atoms with Crippen LogP contribution in [0.5, 0.6) is 0 Å². The van der Waals surface area contributed by atoms with Crippen molar-refractivity contribution in [1.82, 2.24) is 9.97 Å². The maximum Gasteiger partial charge on any atom is 0.179 e. The summed E-state index contributed by atoms with van der Waals surface area (Å²) in [7, 11) is 0. The van der Waals surface area contributed by atoms with Gasteiger partial charge in [0.25, 0.3) is 0 Å². The molecule has 2 aromatic heterocycles. The van der Waals surface area contributed by atoms with Gasteiger partial charge < -0.3 is 0 Å². The molecule has 72 valence electrons. The summed E-state index contributed by atoms with van der Waals surface area (Å²) in [6, 6.07) is 0. The van der Waals surface area contributed by atoms with E-state index in [0.29, 0.717) is 5.69 Å². The number of carbonyl (C=O) groups is 1. The second-order valence-electron chi connectivity index (χ2n) is 2.82. The molecule has 0 saturated heterocycles. The molecule has 0 bridgehead atoms. The minimum Gasteiger partial charge on any atom is -0.293 e. The zero-order chi connectivity index (χ0) is 10.1. The summed E-state index contributed by atoms with van der Waals surface area (Å²) in [5, 5.41) is 3.62. The molecule has 0 aliphatic rings.